The van der Waals surface area contributed by atoms with E-state index in [1.165, 1.54) is 0 Å². The maximum absolute atomic E-state index is 11.5. The van der Waals surface area contributed by atoms with Gasteiger partial charge in [0.05, 0.1) is 6.61 Å². The molecular formula is C12H18O2. The topological polar surface area (TPSA) is 26.3 Å². The average molecular weight is 194 g/mol. The molecule has 0 aliphatic heterocycles. The van der Waals surface area contributed by atoms with Gasteiger partial charge in [-0.3, -0.25) is 4.79 Å². The zero-order valence-electron chi connectivity index (χ0n) is 8.58. The SMILES string of the molecule is C=CCCC(=O)[C@H](CC=C)OCC=C. The van der Waals surface area contributed by atoms with E-state index in [-0.39, 0.29) is 11.9 Å². The van der Waals surface area contributed by atoms with Gasteiger partial charge >= 0.3 is 0 Å². The molecule has 2 nitrogen and oxygen atoms in total. The summed E-state index contributed by atoms with van der Waals surface area (Å²) in [7, 11) is 0. The highest BCUT2D eigenvalue weighted by Crippen LogP contribution is 2.06. The second-order valence-corrected chi connectivity index (χ2v) is 2.93. The van der Waals surface area contributed by atoms with E-state index in [9.17, 15) is 4.79 Å². The van der Waals surface area contributed by atoms with Gasteiger partial charge in [0.2, 0.25) is 0 Å². The summed E-state index contributed by atoms with van der Waals surface area (Å²) in [4.78, 5) is 11.5. The monoisotopic (exact) mass is 194 g/mol. The largest absolute Gasteiger partial charge is 0.366 e. The molecule has 0 bridgehead atoms. The summed E-state index contributed by atoms with van der Waals surface area (Å²) >= 11 is 0. The first kappa shape index (κ1) is 12.8. The van der Waals surface area contributed by atoms with Crippen molar-refractivity contribution in [3.63, 3.8) is 0 Å². The van der Waals surface area contributed by atoms with Crippen LogP contribution in [0.4, 0.5) is 0 Å². The Balaban J connectivity index is 4.01. The molecule has 0 amide bonds. The van der Waals surface area contributed by atoms with Gasteiger partial charge in [0.1, 0.15) is 6.10 Å². The van der Waals surface area contributed by atoms with Crippen molar-refractivity contribution < 1.29 is 9.53 Å². The highest BCUT2D eigenvalue weighted by molar-refractivity contribution is 5.83. The maximum atomic E-state index is 11.5. The van der Waals surface area contributed by atoms with Crippen LogP contribution in [-0.2, 0) is 9.53 Å². The molecule has 0 aromatic heterocycles. The Labute approximate surface area is 86.0 Å². The number of carbonyl (C=O) groups is 1. The normalized spacial score (nSPS) is 11.7. The van der Waals surface area contributed by atoms with Crippen LogP contribution in [0.3, 0.4) is 0 Å². The zero-order chi connectivity index (χ0) is 10.8. The Morgan fingerprint density at radius 2 is 1.93 bits per heavy atom. The third kappa shape index (κ3) is 5.49. The van der Waals surface area contributed by atoms with Gasteiger partial charge in [-0.1, -0.05) is 18.2 Å². The van der Waals surface area contributed by atoms with Crippen molar-refractivity contribution in [1.29, 1.82) is 0 Å². The smallest absolute Gasteiger partial charge is 0.162 e. The molecule has 1 atom stereocenters. The fourth-order valence-electron chi connectivity index (χ4n) is 1.03. The van der Waals surface area contributed by atoms with E-state index in [1.54, 1.807) is 18.2 Å². The lowest BCUT2D eigenvalue weighted by Gasteiger charge is -2.13. The Morgan fingerprint density at radius 1 is 1.21 bits per heavy atom. The lowest BCUT2D eigenvalue weighted by Crippen LogP contribution is -2.23. The minimum Gasteiger partial charge on any atom is -0.366 e. The van der Waals surface area contributed by atoms with Gasteiger partial charge in [0, 0.05) is 6.42 Å². The summed E-state index contributed by atoms with van der Waals surface area (Å²) in [5.41, 5.74) is 0. The summed E-state index contributed by atoms with van der Waals surface area (Å²) in [5, 5.41) is 0. The van der Waals surface area contributed by atoms with Gasteiger partial charge in [-0.05, 0) is 12.8 Å². The molecule has 0 saturated heterocycles. The molecule has 0 aliphatic rings. The van der Waals surface area contributed by atoms with Crippen molar-refractivity contribution in [2.24, 2.45) is 0 Å². The molecule has 78 valence electrons. The highest BCUT2D eigenvalue weighted by atomic mass is 16.5. The van der Waals surface area contributed by atoms with Crippen molar-refractivity contribution in [2.45, 2.75) is 25.4 Å². The van der Waals surface area contributed by atoms with Crippen molar-refractivity contribution in [2.75, 3.05) is 6.61 Å². The summed E-state index contributed by atoms with van der Waals surface area (Å²) in [5.74, 6) is 0.103. The van der Waals surface area contributed by atoms with Crippen LogP contribution < -0.4 is 0 Å². The maximum Gasteiger partial charge on any atom is 0.162 e. The second-order valence-electron chi connectivity index (χ2n) is 2.93. The van der Waals surface area contributed by atoms with E-state index in [2.05, 4.69) is 19.7 Å². The summed E-state index contributed by atoms with van der Waals surface area (Å²) in [6.45, 7) is 11.1. The van der Waals surface area contributed by atoms with Crippen molar-refractivity contribution in [1.82, 2.24) is 0 Å². The van der Waals surface area contributed by atoms with E-state index in [0.29, 0.717) is 25.9 Å². The van der Waals surface area contributed by atoms with E-state index in [0.717, 1.165) is 0 Å². The molecule has 14 heavy (non-hydrogen) atoms. The summed E-state index contributed by atoms with van der Waals surface area (Å²) < 4.78 is 5.32. The molecule has 0 saturated carbocycles. The zero-order valence-corrected chi connectivity index (χ0v) is 8.58. The van der Waals surface area contributed by atoms with Gasteiger partial charge in [-0.25, -0.2) is 0 Å². The molecule has 0 aromatic carbocycles. The standard InChI is InChI=1S/C12H18O2/c1-4-7-9-11(13)12(8-5-2)14-10-6-3/h4-6,12H,1-3,7-10H2/t12-/m0/s1. The fraction of sp³-hybridized carbons (Fsp3) is 0.417. The number of carbonyl (C=O) groups excluding carboxylic acids is 1. The van der Waals surface area contributed by atoms with Crippen LogP contribution >= 0.6 is 0 Å². The number of rotatable bonds is 9. The van der Waals surface area contributed by atoms with Gasteiger partial charge < -0.3 is 4.74 Å². The van der Waals surface area contributed by atoms with Crippen LogP contribution in [0.2, 0.25) is 0 Å². The van der Waals surface area contributed by atoms with Crippen LogP contribution in [0.25, 0.3) is 0 Å². The molecule has 0 radical (unpaired) electrons. The molecule has 0 N–H and O–H groups in total. The van der Waals surface area contributed by atoms with E-state index < -0.39 is 0 Å². The molecule has 2 heteroatoms. The van der Waals surface area contributed by atoms with Crippen LogP contribution in [-0.4, -0.2) is 18.5 Å². The third-order valence-electron chi connectivity index (χ3n) is 1.75. The molecule has 0 fully saturated rings. The Hall–Kier alpha value is -1.15. The first-order valence-electron chi connectivity index (χ1n) is 4.73. The number of hydrogen-bond donors (Lipinski definition) is 0. The van der Waals surface area contributed by atoms with Crippen LogP contribution in [0, 0.1) is 0 Å². The van der Waals surface area contributed by atoms with Crippen LogP contribution in [0.1, 0.15) is 19.3 Å². The summed E-state index contributed by atoms with van der Waals surface area (Å²) in [6, 6.07) is 0. The van der Waals surface area contributed by atoms with Gasteiger partial charge in [-0.2, -0.15) is 0 Å². The number of hydrogen-bond acceptors (Lipinski definition) is 2. The molecule has 0 spiro atoms. The predicted octanol–water partition coefficient (Wildman–Crippen LogP) is 2.67. The minimum absolute atomic E-state index is 0.103. The van der Waals surface area contributed by atoms with Crippen molar-refractivity contribution in [3.8, 4) is 0 Å². The number of Topliss-reactive ketones (excluding diaryl/α,β-unsaturated/α-hetero) is 1. The quantitative estimate of drug-likeness (QED) is 0.527. The molecular weight excluding hydrogens is 176 g/mol. The van der Waals surface area contributed by atoms with Crippen LogP contribution in [0.5, 0.6) is 0 Å². The highest BCUT2D eigenvalue weighted by Gasteiger charge is 2.15. The van der Waals surface area contributed by atoms with Gasteiger partial charge in [-0.15, -0.1) is 19.7 Å². The van der Waals surface area contributed by atoms with E-state index in [1.807, 2.05) is 0 Å². The lowest BCUT2D eigenvalue weighted by molar-refractivity contribution is -0.129. The minimum atomic E-state index is -0.370. The Morgan fingerprint density at radius 3 is 2.43 bits per heavy atom. The van der Waals surface area contributed by atoms with Crippen LogP contribution in [0.15, 0.2) is 38.0 Å². The molecule has 0 unspecified atom stereocenters. The predicted molar refractivity (Wildman–Crippen MR) is 59.2 cm³/mol. The second kappa shape index (κ2) is 8.45. The Bertz CT molecular complexity index is 206. The molecule has 0 aromatic rings. The summed E-state index contributed by atoms with van der Waals surface area (Å²) in [6.07, 6.45) is 6.44. The van der Waals surface area contributed by atoms with E-state index >= 15 is 0 Å². The van der Waals surface area contributed by atoms with Gasteiger partial charge in [0.15, 0.2) is 5.78 Å². The molecule has 0 heterocycles. The van der Waals surface area contributed by atoms with E-state index in [4.69, 9.17) is 4.74 Å². The third-order valence-corrected chi connectivity index (χ3v) is 1.75. The number of ether oxygens (including phenoxy) is 1. The lowest BCUT2D eigenvalue weighted by atomic mass is 10.1. The Kier molecular flexibility index (Phi) is 7.75. The van der Waals surface area contributed by atoms with Crippen molar-refractivity contribution in [3.05, 3.63) is 38.0 Å². The number of ketones is 1. The first-order chi connectivity index (χ1) is 6.76. The number of allylic oxidation sites excluding steroid dienone is 1. The fourth-order valence-corrected chi connectivity index (χ4v) is 1.03. The van der Waals surface area contributed by atoms with Gasteiger partial charge in [0.25, 0.3) is 0 Å². The molecule has 0 rings (SSSR count). The van der Waals surface area contributed by atoms with Crippen molar-refractivity contribution >= 4 is 5.78 Å². The molecule has 0 aliphatic carbocycles. The first-order valence-corrected chi connectivity index (χ1v) is 4.73. The average Bonchev–Trinajstić information content (AvgIpc) is 2.20.